The fourth-order valence-corrected chi connectivity index (χ4v) is 3.69. The van der Waals surface area contributed by atoms with Gasteiger partial charge in [-0.3, -0.25) is 9.20 Å². The highest BCUT2D eigenvalue weighted by Crippen LogP contribution is 2.20. The molecule has 0 aliphatic carbocycles. The first-order chi connectivity index (χ1) is 13.4. The lowest BCUT2D eigenvalue weighted by atomic mass is 10.0. The molecule has 3 N–H and O–H groups in total. The van der Waals surface area contributed by atoms with Gasteiger partial charge in [-0.2, -0.15) is 0 Å². The Morgan fingerprint density at radius 3 is 2.86 bits per heavy atom. The average molecular weight is 441 g/mol. The second-order valence-corrected chi connectivity index (χ2v) is 7.46. The number of nitrogens with zero attached hydrogens (tertiary/aromatic N) is 2. The molecular weight excluding hydrogens is 424 g/mol. The van der Waals surface area contributed by atoms with Crippen molar-refractivity contribution in [3.05, 3.63) is 70.2 Å². The Morgan fingerprint density at radius 2 is 2.07 bits per heavy atom. The topological polar surface area (TPSA) is 99.5 Å². The SMILES string of the molecule is Cc1nc2ccc(Br)cn2c1C(=O)NC(Cc1c[nH]c2ccccc12)C(=O)O. The van der Waals surface area contributed by atoms with E-state index in [0.717, 1.165) is 20.9 Å². The maximum Gasteiger partial charge on any atom is 0.326 e. The van der Waals surface area contributed by atoms with Crippen LogP contribution < -0.4 is 5.32 Å². The normalized spacial score (nSPS) is 12.4. The molecular formula is C20H17BrN4O3. The van der Waals surface area contributed by atoms with E-state index in [1.165, 1.54) is 0 Å². The zero-order valence-corrected chi connectivity index (χ0v) is 16.5. The number of rotatable bonds is 5. The first-order valence-corrected chi connectivity index (χ1v) is 9.46. The van der Waals surface area contributed by atoms with E-state index in [1.807, 2.05) is 30.3 Å². The number of imidazole rings is 1. The van der Waals surface area contributed by atoms with Gasteiger partial charge in [0.2, 0.25) is 0 Å². The van der Waals surface area contributed by atoms with Crippen molar-refractivity contribution in [3.8, 4) is 0 Å². The first kappa shape index (κ1) is 18.2. The molecule has 4 aromatic rings. The van der Waals surface area contributed by atoms with Crippen LogP contribution in [0.15, 0.2) is 53.3 Å². The van der Waals surface area contributed by atoms with Gasteiger partial charge in [-0.05, 0) is 46.6 Å². The van der Waals surface area contributed by atoms with Crippen LogP contribution in [-0.2, 0) is 11.2 Å². The molecule has 0 bridgehead atoms. The summed E-state index contributed by atoms with van der Waals surface area (Å²) >= 11 is 3.38. The summed E-state index contributed by atoms with van der Waals surface area (Å²) < 4.78 is 2.44. The van der Waals surface area contributed by atoms with Crippen LogP contribution in [0.3, 0.4) is 0 Å². The standard InChI is InChI=1S/C20H17BrN4O3/c1-11-18(25-10-13(21)6-7-17(25)23-11)19(26)24-16(20(27)28)8-12-9-22-15-5-3-2-4-14(12)15/h2-7,9-10,16,22H,8H2,1H3,(H,24,26)(H,27,28). The molecule has 7 nitrogen and oxygen atoms in total. The van der Waals surface area contributed by atoms with E-state index in [2.05, 4.69) is 31.2 Å². The highest BCUT2D eigenvalue weighted by molar-refractivity contribution is 9.10. The zero-order valence-electron chi connectivity index (χ0n) is 14.9. The van der Waals surface area contributed by atoms with E-state index < -0.39 is 17.9 Å². The lowest BCUT2D eigenvalue weighted by molar-refractivity contribution is -0.139. The number of aryl methyl sites for hydroxylation is 1. The smallest absolute Gasteiger partial charge is 0.326 e. The Kier molecular flexibility index (Phi) is 4.64. The molecule has 3 aromatic heterocycles. The van der Waals surface area contributed by atoms with Gasteiger partial charge < -0.3 is 15.4 Å². The van der Waals surface area contributed by atoms with Gasteiger partial charge in [-0.25, -0.2) is 9.78 Å². The third-order valence-corrected chi connectivity index (χ3v) is 5.14. The minimum absolute atomic E-state index is 0.171. The predicted molar refractivity (Wildman–Crippen MR) is 109 cm³/mol. The van der Waals surface area contributed by atoms with Crippen molar-refractivity contribution in [1.29, 1.82) is 0 Å². The molecule has 1 amide bonds. The van der Waals surface area contributed by atoms with E-state index in [-0.39, 0.29) is 6.42 Å². The van der Waals surface area contributed by atoms with Crippen molar-refractivity contribution in [1.82, 2.24) is 19.7 Å². The highest BCUT2D eigenvalue weighted by Gasteiger charge is 2.25. The van der Waals surface area contributed by atoms with Gasteiger partial charge in [0.25, 0.3) is 5.91 Å². The number of fused-ring (bicyclic) bond motifs is 2. The van der Waals surface area contributed by atoms with Crippen LogP contribution in [0.4, 0.5) is 0 Å². The molecule has 0 saturated heterocycles. The number of halogens is 1. The van der Waals surface area contributed by atoms with Crippen LogP contribution in [0.5, 0.6) is 0 Å². The van der Waals surface area contributed by atoms with Crippen LogP contribution in [0, 0.1) is 6.92 Å². The minimum Gasteiger partial charge on any atom is -0.480 e. The fraction of sp³-hybridized carbons (Fsp3) is 0.150. The molecule has 4 rings (SSSR count). The molecule has 1 unspecified atom stereocenters. The number of aliphatic carboxylic acids is 1. The summed E-state index contributed by atoms with van der Waals surface area (Å²) in [6.07, 6.45) is 3.69. The highest BCUT2D eigenvalue weighted by atomic mass is 79.9. The number of aromatic nitrogens is 3. The Bertz CT molecular complexity index is 1210. The number of aromatic amines is 1. The number of carboxylic acid groups (broad SMARTS) is 1. The molecule has 142 valence electrons. The van der Waals surface area contributed by atoms with E-state index in [4.69, 9.17) is 0 Å². The van der Waals surface area contributed by atoms with Gasteiger partial charge in [-0.15, -0.1) is 0 Å². The van der Waals surface area contributed by atoms with Crippen LogP contribution >= 0.6 is 15.9 Å². The third-order valence-electron chi connectivity index (χ3n) is 4.67. The van der Waals surface area contributed by atoms with Crippen molar-refractivity contribution in [2.75, 3.05) is 0 Å². The molecule has 0 aliphatic heterocycles. The number of hydrogen-bond acceptors (Lipinski definition) is 3. The number of hydrogen-bond donors (Lipinski definition) is 3. The second kappa shape index (κ2) is 7.12. The quantitative estimate of drug-likeness (QED) is 0.443. The monoisotopic (exact) mass is 440 g/mol. The Hall–Kier alpha value is -3.13. The summed E-state index contributed by atoms with van der Waals surface area (Å²) in [4.78, 5) is 32.2. The molecule has 0 saturated carbocycles. The van der Waals surface area contributed by atoms with Gasteiger partial charge in [-0.1, -0.05) is 18.2 Å². The summed E-state index contributed by atoms with van der Waals surface area (Å²) in [7, 11) is 0. The number of carbonyl (C=O) groups is 2. The lowest BCUT2D eigenvalue weighted by Gasteiger charge is -2.14. The van der Waals surface area contributed by atoms with Crippen molar-refractivity contribution >= 4 is 44.4 Å². The number of nitrogens with one attached hydrogen (secondary N) is 2. The lowest BCUT2D eigenvalue weighted by Crippen LogP contribution is -2.42. The Labute approximate surface area is 168 Å². The molecule has 1 aromatic carbocycles. The molecule has 1 atom stereocenters. The van der Waals surface area contributed by atoms with Crippen LogP contribution in [0.1, 0.15) is 21.7 Å². The molecule has 0 radical (unpaired) electrons. The summed E-state index contributed by atoms with van der Waals surface area (Å²) in [5, 5.41) is 13.3. The van der Waals surface area contributed by atoms with Gasteiger partial charge in [0, 0.05) is 34.2 Å². The van der Waals surface area contributed by atoms with Crippen molar-refractivity contribution in [3.63, 3.8) is 0 Å². The second-order valence-electron chi connectivity index (χ2n) is 6.55. The zero-order chi connectivity index (χ0) is 19.8. The largest absolute Gasteiger partial charge is 0.480 e. The molecule has 28 heavy (non-hydrogen) atoms. The first-order valence-electron chi connectivity index (χ1n) is 8.67. The van der Waals surface area contributed by atoms with Gasteiger partial charge in [0.1, 0.15) is 17.4 Å². The number of para-hydroxylation sites is 1. The maximum absolute atomic E-state index is 12.9. The summed E-state index contributed by atoms with van der Waals surface area (Å²) in [5.74, 6) is -1.57. The fourth-order valence-electron chi connectivity index (χ4n) is 3.36. The van der Waals surface area contributed by atoms with Crippen molar-refractivity contribution < 1.29 is 14.7 Å². The number of pyridine rings is 1. The van der Waals surface area contributed by atoms with Crippen molar-refractivity contribution in [2.45, 2.75) is 19.4 Å². The van der Waals surface area contributed by atoms with Gasteiger partial charge >= 0.3 is 5.97 Å². The maximum atomic E-state index is 12.9. The number of carbonyl (C=O) groups excluding carboxylic acids is 1. The van der Waals surface area contributed by atoms with Crippen LogP contribution in [-0.4, -0.2) is 37.4 Å². The number of carboxylic acids is 1. The van der Waals surface area contributed by atoms with E-state index >= 15 is 0 Å². The van der Waals surface area contributed by atoms with E-state index in [0.29, 0.717) is 17.0 Å². The predicted octanol–water partition coefficient (Wildman–Crippen LogP) is 3.31. The number of H-pyrrole nitrogens is 1. The van der Waals surface area contributed by atoms with E-state index in [1.54, 1.807) is 29.8 Å². The molecule has 0 spiro atoms. The third kappa shape index (κ3) is 3.27. The Morgan fingerprint density at radius 1 is 1.29 bits per heavy atom. The van der Waals surface area contributed by atoms with Crippen LogP contribution in [0.25, 0.3) is 16.6 Å². The molecule has 0 fully saturated rings. The Balaban J connectivity index is 1.64. The minimum atomic E-state index is -1.09. The summed E-state index contributed by atoms with van der Waals surface area (Å²) in [6.45, 7) is 1.73. The van der Waals surface area contributed by atoms with Crippen LogP contribution in [0.2, 0.25) is 0 Å². The molecule has 3 heterocycles. The van der Waals surface area contributed by atoms with Gasteiger partial charge in [0.05, 0.1) is 5.69 Å². The van der Waals surface area contributed by atoms with E-state index in [9.17, 15) is 14.7 Å². The van der Waals surface area contributed by atoms with Crippen molar-refractivity contribution in [2.24, 2.45) is 0 Å². The van der Waals surface area contributed by atoms with Gasteiger partial charge in [0.15, 0.2) is 0 Å². The summed E-state index contributed by atoms with van der Waals surface area (Å²) in [5.41, 5.74) is 3.24. The average Bonchev–Trinajstić information content (AvgIpc) is 3.21. The number of amides is 1. The molecule has 8 heteroatoms. The number of benzene rings is 1. The summed E-state index contributed by atoms with van der Waals surface area (Å²) in [6, 6.07) is 10.2. The molecule has 0 aliphatic rings.